The maximum atomic E-state index is 6.19. The Kier molecular flexibility index (Phi) is 4.57. The molecule has 0 radical (unpaired) electrons. The molecule has 0 aliphatic rings. The predicted molar refractivity (Wildman–Crippen MR) is 66.9 cm³/mol. The summed E-state index contributed by atoms with van der Waals surface area (Å²) < 4.78 is 0. The summed E-state index contributed by atoms with van der Waals surface area (Å²) in [5.41, 5.74) is 8.81. The Balaban J connectivity index is 2.85. The molecule has 1 aromatic rings. The molecule has 1 aromatic carbocycles. The van der Waals surface area contributed by atoms with Gasteiger partial charge in [-0.25, -0.2) is 0 Å². The van der Waals surface area contributed by atoms with Gasteiger partial charge in [0.05, 0.1) is 0 Å². The van der Waals surface area contributed by atoms with Crippen LogP contribution in [0.1, 0.15) is 38.7 Å². The third-order valence-corrected chi connectivity index (χ3v) is 2.66. The van der Waals surface area contributed by atoms with Gasteiger partial charge in [0, 0.05) is 12.0 Å². The van der Waals surface area contributed by atoms with Crippen LogP contribution in [0, 0.1) is 0 Å². The highest BCUT2D eigenvalue weighted by Crippen LogP contribution is 2.23. The van der Waals surface area contributed by atoms with Gasteiger partial charge in [-0.1, -0.05) is 48.9 Å². The van der Waals surface area contributed by atoms with E-state index in [4.69, 9.17) is 5.73 Å². The highest BCUT2D eigenvalue weighted by molar-refractivity contribution is 5.23. The highest BCUT2D eigenvalue weighted by Gasteiger charge is 2.15. The Morgan fingerprint density at radius 1 is 1.27 bits per heavy atom. The molecule has 2 N–H and O–H groups in total. The molecule has 1 heteroatoms. The number of rotatable bonds is 4. The molecule has 82 valence electrons. The molecule has 15 heavy (non-hydrogen) atoms. The van der Waals surface area contributed by atoms with E-state index in [9.17, 15) is 0 Å². The lowest BCUT2D eigenvalue weighted by Crippen LogP contribution is -2.26. The highest BCUT2D eigenvalue weighted by atomic mass is 14.6. The van der Waals surface area contributed by atoms with E-state index < -0.39 is 0 Å². The molecule has 0 spiro atoms. The largest absolute Gasteiger partial charge is 0.324 e. The van der Waals surface area contributed by atoms with Crippen LogP contribution in [0.3, 0.4) is 0 Å². The van der Waals surface area contributed by atoms with Crippen LogP contribution in [0.2, 0.25) is 0 Å². The summed E-state index contributed by atoms with van der Waals surface area (Å²) in [4.78, 5) is 0. The Bertz CT molecular complexity index is 309. The van der Waals surface area contributed by atoms with Gasteiger partial charge in [-0.15, -0.1) is 0 Å². The van der Waals surface area contributed by atoms with Gasteiger partial charge < -0.3 is 5.73 Å². The molecular weight excluding hydrogens is 182 g/mol. The van der Waals surface area contributed by atoms with Gasteiger partial charge in [-0.2, -0.15) is 0 Å². The lowest BCUT2D eigenvalue weighted by atomic mass is 9.89. The smallest absolute Gasteiger partial charge is 0.0295 e. The number of benzene rings is 1. The molecule has 1 nitrogen and oxygen atoms in total. The number of allylic oxidation sites excluding steroid dienone is 1. The standard InChI is InChI=1S/C14H21N/c1-4-13(14(15)10-11(2)3)12-8-6-5-7-9-12/h5-10,13-14H,4,15H2,1-3H3. The van der Waals surface area contributed by atoms with Crippen LogP contribution in [0.4, 0.5) is 0 Å². The summed E-state index contributed by atoms with van der Waals surface area (Å²) in [6, 6.07) is 10.6. The van der Waals surface area contributed by atoms with Crippen molar-refractivity contribution in [1.82, 2.24) is 0 Å². The summed E-state index contributed by atoms with van der Waals surface area (Å²) in [5, 5.41) is 0. The number of nitrogens with two attached hydrogens (primary N) is 1. The van der Waals surface area contributed by atoms with Crippen molar-refractivity contribution >= 4 is 0 Å². The monoisotopic (exact) mass is 203 g/mol. The van der Waals surface area contributed by atoms with Crippen LogP contribution in [0.15, 0.2) is 42.0 Å². The molecule has 0 aromatic heterocycles. The van der Waals surface area contributed by atoms with Crippen molar-refractivity contribution in [2.75, 3.05) is 0 Å². The van der Waals surface area contributed by atoms with Crippen molar-refractivity contribution in [3.63, 3.8) is 0 Å². The summed E-state index contributed by atoms with van der Waals surface area (Å²) in [5.74, 6) is 0.432. The summed E-state index contributed by atoms with van der Waals surface area (Å²) in [7, 11) is 0. The second-order valence-corrected chi connectivity index (χ2v) is 4.25. The molecule has 0 bridgehead atoms. The van der Waals surface area contributed by atoms with Crippen molar-refractivity contribution in [3.8, 4) is 0 Å². The average Bonchev–Trinajstić information content (AvgIpc) is 2.19. The van der Waals surface area contributed by atoms with Crippen LogP contribution < -0.4 is 5.73 Å². The van der Waals surface area contributed by atoms with Crippen molar-refractivity contribution in [2.45, 2.75) is 39.2 Å². The minimum Gasteiger partial charge on any atom is -0.324 e. The predicted octanol–water partition coefficient (Wildman–Crippen LogP) is 3.47. The minimum atomic E-state index is 0.127. The first-order valence-electron chi connectivity index (χ1n) is 5.60. The van der Waals surface area contributed by atoms with E-state index >= 15 is 0 Å². The van der Waals surface area contributed by atoms with E-state index in [1.807, 2.05) is 6.07 Å². The van der Waals surface area contributed by atoms with Gasteiger partial charge >= 0.3 is 0 Å². The maximum absolute atomic E-state index is 6.19. The van der Waals surface area contributed by atoms with Crippen LogP contribution >= 0.6 is 0 Å². The molecule has 0 fully saturated rings. The van der Waals surface area contributed by atoms with E-state index in [-0.39, 0.29) is 6.04 Å². The molecule has 0 saturated heterocycles. The molecule has 1 rings (SSSR count). The van der Waals surface area contributed by atoms with E-state index in [1.165, 1.54) is 11.1 Å². The molecule has 2 unspecified atom stereocenters. The summed E-state index contributed by atoms with van der Waals surface area (Å²) in [6.45, 7) is 6.38. The van der Waals surface area contributed by atoms with Crippen molar-refractivity contribution in [2.24, 2.45) is 5.73 Å². The lowest BCUT2D eigenvalue weighted by Gasteiger charge is -2.20. The molecular formula is C14H21N. The molecule has 2 atom stereocenters. The average molecular weight is 203 g/mol. The first-order valence-corrected chi connectivity index (χ1v) is 5.60. The fourth-order valence-corrected chi connectivity index (χ4v) is 1.93. The van der Waals surface area contributed by atoms with E-state index in [1.54, 1.807) is 0 Å². The minimum absolute atomic E-state index is 0.127. The van der Waals surface area contributed by atoms with Crippen molar-refractivity contribution < 1.29 is 0 Å². The number of hydrogen-bond donors (Lipinski definition) is 1. The Morgan fingerprint density at radius 3 is 2.33 bits per heavy atom. The van der Waals surface area contributed by atoms with Crippen LogP contribution in [-0.2, 0) is 0 Å². The molecule has 0 amide bonds. The zero-order chi connectivity index (χ0) is 11.3. The van der Waals surface area contributed by atoms with Gasteiger partial charge in [-0.3, -0.25) is 0 Å². The SMILES string of the molecule is CCC(c1ccccc1)C(N)C=C(C)C. The molecule has 0 aliphatic carbocycles. The fraction of sp³-hybridized carbons (Fsp3) is 0.429. The Labute approximate surface area is 93.0 Å². The van der Waals surface area contributed by atoms with Crippen LogP contribution in [0.5, 0.6) is 0 Å². The van der Waals surface area contributed by atoms with Crippen LogP contribution in [0.25, 0.3) is 0 Å². The third-order valence-electron chi connectivity index (χ3n) is 2.66. The third kappa shape index (κ3) is 3.52. The normalized spacial score (nSPS) is 14.4. The topological polar surface area (TPSA) is 26.0 Å². The Morgan fingerprint density at radius 2 is 1.87 bits per heavy atom. The van der Waals surface area contributed by atoms with Crippen LogP contribution in [-0.4, -0.2) is 6.04 Å². The number of hydrogen-bond acceptors (Lipinski definition) is 1. The van der Waals surface area contributed by atoms with E-state index in [0.717, 1.165) is 6.42 Å². The second-order valence-electron chi connectivity index (χ2n) is 4.25. The van der Waals surface area contributed by atoms with Gasteiger partial charge in [0.25, 0.3) is 0 Å². The van der Waals surface area contributed by atoms with Gasteiger partial charge in [0.2, 0.25) is 0 Å². The van der Waals surface area contributed by atoms with Gasteiger partial charge in [-0.05, 0) is 25.8 Å². The van der Waals surface area contributed by atoms with E-state index in [0.29, 0.717) is 5.92 Å². The van der Waals surface area contributed by atoms with Gasteiger partial charge in [0.1, 0.15) is 0 Å². The summed E-state index contributed by atoms with van der Waals surface area (Å²) >= 11 is 0. The van der Waals surface area contributed by atoms with Gasteiger partial charge in [0.15, 0.2) is 0 Å². The first kappa shape index (κ1) is 12.0. The fourth-order valence-electron chi connectivity index (χ4n) is 1.93. The molecule has 0 saturated carbocycles. The quantitative estimate of drug-likeness (QED) is 0.745. The molecule has 0 heterocycles. The summed E-state index contributed by atoms with van der Waals surface area (Å²) in [6.07, 6.45) is 3.23. The zero-order valence-corrected chi connectivity index (χ0v) is 9.90. The van der Waals surface area contributed by atoms with Crippen molar-refractivity contribution in [3.05, 3.63) is 47.5 Å². The first-order chi connectivity index (χ1) is 7.15. The Hall–Kier alpha value is -1.08. The second kappa shape index (κ2) is 5.72. The van der Waals surface area contributed by atoms with Crippen molar-refractivity contribution in [1.29, 1.82) is 0 Å². The maximum Gasteiger partial charge on any atom is 0.0295 e. The lowest BCUT2D eigenvalue weighted by molar-refractivity contribution is 0.590. The zero-order valence-electron chi connectivity index (χ0n) is 9.90. The van der Waals surface area contributed by atoms with E-state index in [2.05, 4.69) is 51.1 Å². The molecule has 0 aliphatic heterocycles.